The highest BCUT2D eigenvalue weighted by Crippen LogP contribution is 2.26. The van der Waals surface area contributed by atoms with Crippen molar-refractivity contribution in [1.29, 1.82) is 0 Å². The zero-order valence-electron chi connectivity index (χ0n) is 15.5. The Hall–Kier alpha value is -0.440. The van der Waals surface area contributed by atoms with Gasteiger partial charge in [-0.15, -0.1) is 36.2 Å². The van der Waals surface area contributed by atoms with Gasteiger partial charge < -0.3 is 15.0 Å². The number of carbonyl (C=O) groups excluding carboxylic acids is 1. The molecule has 0 spiro atoms. The highest BCUT2D eigenvalue weighted by molar-refractivity contribution is 7.09. The van der Waals surface area contributed by atoms with Gasteiger partial charge in [-0.1, -0.05) is 6.92 Å². The predicted molar refractivity (Wildman–Crippen MR) is 110 cm³/mol. The number of thiazole rings is 1. The number of halogens is 2. The van der Waals surface area contributed by atoms with Crippen LogP contribution in [-0.4, -0.2) is 72.7 Å². The van der Waals surface area contributed by atoms with E-state index in [0.717, 1.165) is 70.8 Å². The Morgan fingerprint density at radius 1 is 1.27 bits per heavy atom. The number of piperidine rings is 1. The van der Waals surface area contributed by atoms with Crippen LogP contribution in [0.3, 0.4) is 0 Å². The normalized spacial score (nSPS) is 20.2. The molecular formula is C17H30Cl2N4O2S. The first-order chi connectivity index (χ1) is 11.7. The molecule has 2 aliphatic heterocycles. The zero-order valence-corrected chi connectivity index (χ0v) is 18.0. The van der Waals surface area contributed by atoms with Crippen molar-refractivity contribution >= 4 is 42.1 Å². The lowest BCUT2D eigenvalue weighted by Crippen LogP contribution is -2.59. The molecule has 1 aromatic rings. The fourth-order valence-electron chi connectivity index (χ4n) is 3.55. The number of nitrogens with one attached hydrogen (secondary N) is 1. The molecule has 0 aliphatic carbocycles. The van der Waals surface area contributed by atoms with Crippen molar-refractivity contribution in [2.24, 2.45) is 0 Å². The average Bonchev–Trinajstić information content (AvgIpc) is 3.10. The van der Waals surface area contributed by atoms with Crippen molar-refractivity contribution in [3.63, 3.8) is 0 Å². The first kappa shape index (κ1) is 23.6. The van der Waals surface area contributed by atoms with E-state index < -0.39 is 5.60 Å². The van der Waals surface area contributed by atoms with E-state index in [2.05, 4.69) is 27.5 Å². The van der Waals surface area contributed by atoms with E-state index in [1.165, 1.54) is 5.01 Å². The van der Waals surface area contributed by atoms with E-state index in [-0.39, 0.29) is 30.7 Å². The zero-order chi connectivity index (χ0) is 17.0. The lowest BCUT2D eigenvalue weighted by Gasteiger charge is -2.42. The summed E-state index contributed by atoms with van der Waals surface area (Å²) < 4.78 is 5.68. The van der Waals surface area contributed by atoms with Crippen molar-refractivity contribution < 1.29 is 9.53 Å². The lowest BCUT2D eigenvalue weighted by atomic mass is 9.90. The number of nitrogens with zero attached hydrogens (tertiary/aromatic N) is 3. The summed E-state index contributed by atoms with van der Waals surface area (Å²) >= 11 is 1.74. The van der Waals surface area contributed by atoms with Crippen LogP contribution < -0.4 is 5.32 Å². The van der Waals surface area contributed by atoms with Crippen molar-refractivity contribution in [3.05, 3.63) is 16.1 Å². The summed E-state index contributed by atoms with van der Waals surface area (Å²) in [7, 11) is 1.67. The quantitative estimate of drug-likeness (QED) is 0.782. The molecule has 0 bridgehead atoms. The Bertz CT molecular complexity index is 559. The Balaban J connectivity index is 0.00000169. The van der Waals surface area contributed by atoms with Gasteiger partial charge in [0.25, 0.3) is 5.91 Å². The molecule has 150 valence electrons. The third-order valence-corrected chi connectivity index (χ3v) is 6.18. The fourth-order valence-corrected chi connectivity index (χ4v) is 4.28. The standard InChI is InChI=1S/C17H28N4O2S.2ClH/c1-3-15-19-14(13-24-15)12-20-8-10-21(11-9-20)16(22)17(23-2)4-6-18-7-5-17;;/h13,18H,3-12H2,1-2H3;2*1H. The molecule has 0 aromatic carbocycles. The SMILES string of the molecule is CCc1nc(CN2CCN(C(=O)C3(OC)CCNCC3)CC2)cs1.Cl.Cl. The van der Waals surface area contributed by atoms with Crippen LogP contribution >= 0.6 is 36.2 Å². The highest BCUT2D eigenvalue weighted by Gasteiger charge is 2.42. The number of hydrogen-bond donors (Lipinski definition) is 1. The van der Waals surface area contributed by atoms with Crippen LogP contribution in [0.1, 0.15) is 30.5 Å². The largest absolute Gasteiger partial charge is 0.368 e. The average molecular weight is 425 g/mol. The Kier molecular flexibility index (Phi) is 9.79. The fraction of sp³-hybridized carbons (Fsp3) is 0.765. The van der Waals surface area contributed by atoms with Gasteiger partial charge in [0, 0.05) is 45.2 Å². The van der Waals surface area contributed by atoms with E-state index >= 15 is 0 Å². The number of amides is 1. The number of aryl methyl sites for hydroxylation is 1. The minimum atomic E-state index is -0.613. The van der Waals surface area contributed by atoms with Crippen molar-refractivity contribution in [2.75, 3.05) is 46.4 Å². The maximum absolute atomic E-state index is 13.0. The van der Waals surface area contributed by atoms with E-state index in [1.54, 1.807) is 18.4 Å². The lowest BCUT2D eigenvalue weighted by molar-refractivity contribution is -0.160. The van der Waals surface area contributed by atoms with Gasteiger partial charge in [0.05, 0.1) is 10.7 Å². The van der Waals surface area contributed by atoms with Gasteiger partial charge in [0.2, 0.25) is 0 Å². The van der Waals surface area contributed by atoms with E-state index in [0.29, 0.717) is 0 Å². The molecule has 1 amide bonds. The number of piperazine rings is 1. The molecule has 3 heterocycles. The van der Waals surface area contributed by atoms with Gasteiger partial charge in [-0.2, -0.15) is 0 Å². The second kappa shape index (κ2) is 10.8. The van der Waals surface area contributed by atoms with Gasteiger partial charge in [-0.25, -0.2) is 4.98 Å². The van der Waals surface area contributed by atoms with Crippen LogP contribution in [0, 0.1) is 0 Å². The second-order valence-electron chi connectivity index (χ2n) is 6.60. The summed E-state index contributed by atoms with van der Waals surface area (Å²) in [4.78, 5) is 22.0. The third kappa shape index (κ3) is 5.30. The molecule has 0 atom stereocenters. The van der Waals surface area contributed by atoms with Crippen molar-refractivity contribution in [1.82, 2.24) is 20.1 Å². The molecule has 0 radical (unpaired) electrons. The topological polar surface area (TPSA) is 57.7 Å². The Labute approximate surface area is 172 Å². The Morgan fingerprint density at radius 3 is 2.46 bits per heavy atom. The maximum Gasteiger partial charge on any atom is 0.254 e. The summed E-state index contributed by atoms with van der Waals surface area (Å²) in [6.45, 7) is 8.10. The summed E-state index contributed by atoms with van der Waals surface area (Å²) in [5.74, 6) is 0.174. The Morgan fingerprint density at radius 2 is 1.92 bits per heavy atom. The predicted octanol–water partition coefficient (Wildman–Crippen LogP) is 1.96. The summed E-state index contributed by atoms with van der Waals surface area (Å²) in [6, 6.07) is 0. The number of ether oxygens (including phenoxy) is 1. The van der Waals surface area contributed by atoms with Gasteiger partial charge in [-0.05, 0) is 32.4 Å². The number of hydrogen-bond acceptors (Lipinski definition) is 6. The molecule has 9 heteroatoms. The van der Waals surface area contributed by atoms with Crippen LogP contribution in [0.15, 0.2) is 5.38 Å². The molecule has 6 nitrogen and oxygen atoms in total. The maximum atomic E-state index is 13.0. The van der Waals surface area contributed by atoms with Gasteiger partial charge in [0.1, 0.15) is 5.60 Å². The first-order valence-corrected chi connectivity index (χ1v) is 9.76. The van der Waals surface area contributed by atoms with E-state index in [1.807, 2.05) is 4.90 Å². The van der Waals surface area contributed by atoms with E-state index in [4.69, 9.17) is 4.74 Å². The van der Waals surface area contributed by atoms with Crippen LogP contribution in [0.2, 0.25) is 0 Å². The van der Waals surface area contributed by atoms with Crippen LogP contribution in [0.25, 0.3) is 0 Å². The van der Waals surface area contributed by atoms with Crippen LogP contribution in [0.5, 0.6) is 0 Å². The molecule has 1 N–H and O–H groups in total. The molecule has 0 saturated carbocycles. The summed E-state index contributed by atoms with van der Waals surface area (Å²) in [5, 5.41) is 6.67. The number of aromatic nitrogens is 1. The first-order valence-electron chi connectivity index (χ1n) is 8.88. The monoisotopic (exact) mass is 424 g/mol. The molecule has 3 rings (SSSR count). The van der Waals surface area contributed by atoms with Gasteiger partial charge in [0.15, 0.2) is 0 Å². The third-order valence-electron chi connectivity index (χ3n) is 5.14. The van der Waals surface area contributed by atoms with Crippen molar-refractivity contribution in [3.8, 4) is 0 Å². The molecule has 1 aromatic heterocycles. The second-order valence-corrected chi connectivity index (χ2v) is 7.55. The van der Waals surface area contributed by atoms with E-state index in [9.17, 15) is 4.79 Å². The molecule has 26 heavy (non-hydrogen) atoms. The molecule has 2 saturated heterocycles. The number of rotatable bonds is 5. The minimum absolute atomic E-state index is 0. The molecule has 2 aliphatic rings. The van der Waals surface area contributed by atoms with Gasteiger partial charge in [-0.3, -0.25) is 9.69 Å². The van der Waals surface area contributed by atoms with Crippen molar-refractivity contribution in [2.45, 2.75) is 38.3 Å². The van der Waals surface area contributed by atoms with Gasteiger partial charge >= 0.3 is 0 Å². The molecule has 2 fully saturated rings. The molecular weight excluding hydrogens is 395 g/mol. The number of methoxy groups -OCH3 is 1. The highest BCUT2D eigenvalue weighted by atomic mass is 35.5. The summed E-state index contributed by atoms with van der Waals surface area (Å²) in [6.07, 6.45) is 2.53. The number of carbonyl (C=O) groups is 1. The van der Waals surface area contributed by atoms with Crippen LogP contribution in [-0.2, 0) is 22.5 Å². The van der Waals surface area contributed by atoms with Crippen LogP contribution in [0.4, 0.5) is 0 Å². The smallest absolute Gasteiger partial charge is 0.254 e. The molecule has 0 unspecified atom stereocenters. The summed E-state index contributed by atoms with van der Waals surface area (Å²) in [5.41, 5.74) is 0.543. The minimum Gasteiger partial charge on any atom is -0.368 e.